The van der Waals surface area contributed by atoms with Crippen molar-refractivity contribution in [2.24, 2.45) is 0 Å². The maximum atomic E-state index is 13.1. The lowest BCUT2D eigenvalue weighted by atomic mass is 9.90. The van der Waals surface area contributed by atoms with Crippen LogP contribution in [0.25, 0.3) is 0 Å². The predicted molar refractivity (Wildman–Crippen MR) is 144 cm³/mol. The Hall–Kier alpha value is -2.65. The van der Waals surface area contributed by atoms with E-state index in [-0.39, 0.29) is 17.9 Å². The molecule has 2 amide bonds. The summed E-state index contributed by atoms with van der Waals surface area (Å²) in [5.74, 6) is -0.0963. The fourth-order valence-corrected chi connectivity index (χ4v) is 6.10. The number of carbonyl (C=O) groups is 2. The summed E-state index contributed by atoms with van der Waals surface area (Å²) in [5, 5.41) is 8.44. The monoisotopic (exact) mass is 498 g/mol. The summed E-state index contributed by atoms with van der Waals surface area (Å²) >= 11 is 1.70. The molecular formula is C26H38N6O2S. The highest BCUT2D eigenvalue weighted by atomic mass is 32.1. The molecular weight excluding hydrogens is 460 g/mol. The third kappa shape index (κ3) is 6.52. The number of hydrogen-bond donors (Lipinski definition) is 2. The number of carbonyl (C=O) groups excluding carboxylic acids is 2. The number of aromatic nitrogens is 1. The number of nitrogens with one attached hydrogen (secondary N) is 2. The molecule has 1 atom stereocenters. The first-order valence-electron chi connectivity index (χ1n) is 12.6. The Labute approximate surface area is 212 Å². The Kier molecular flexibility index (Phi) is 8.28. The van der Waals surface area contributed by atoms with Gasteiger partial charge in [0.1, 0.15) is 5.00 Å². The molecule has 9 heteroatoms. The highest BCUT2D eigenvalue weighted by molar-refractivity contribution is 7.19. The van der Waals surface area contributed by atoms with Crippen molar-refractivity contribution >= 4 is 39.0 Å². The van der Waals surface area contributed by atoms with E-state index >= 15 is 0 Å². The number of hydrogen-bond acceptors (Lipinski definition) is 7. The van der Waals surface area contributed by atoms with Gasteiger partial charge in [-0.25, -0.2) is 4.98 Å². The second-order valence-corrected chi connectivity index (χ2v) is 11.0. The van der Waals surface area contributed by atoms with Crippen LogP contribution in [0.3, 0.4) is 0 Å². The van der Waals surface area contributed by atoms with E-state index in [0.29, 0.717) is 29.9 Å². The van der Waals surface area contributed by atoms with Gasteiger partial charge in [-0.3, -0.25) is 9.59 Å². The smallest absolute Gasteiger partial charge is 0.253 e. The Bertz CT molecular complexity index is 1000. The minimum atomic E-state index is -0.123. The minimum absolute atomic E-state index is 0.0266. The van der Waals surface area contributed by atoms with Gasteiger partial charge in [0.2, 0.25) is 5.91 Å². The molecule has 1 saturated carbocycles. The molecule has 2 heterocycles. The molecule has 35 heavy (non-hydrogen) atoms. The highest BCUT2D eigenvalue weighted by Crippen LogP contribution is 2.33. The van der Waals surface area contributed by atoms with Crippen LogP contribution in [0.5, 0.6) is 0 Å². The summed E-state index contributed by atoms with van der Waals surface area (Å²) in [6.07, 6.45) is 8.87. The van der Waals surface area contributed by atoms with Gasteiger partial charge in [0, 0.05) is 56.4 Å². The summed E-state index contributed by atoms with van der Waals surface area (Å²) in [5.41, 5.74) is 1.34. The van der Waals surface area contributed by atoms with Gasteiger partial charge in [-0.2, -0.15) is 0 Å². The molecule has 2 fully saturated rings. The number of benzene rings is 1. The van der Waals surface area contributed by atoms with Gasteiger partial charge in [0.25, 0.3) is 5.91 Å². The van der Waals surface area contributed by atoms with Gasteiger partial charge < -0.3 is 25.3 Å². The van der Waals surface area contributed by atoms with Crippen molar-refractivity contribution in [3.8, 4) is 0 Å². The Morgan fingerprint density at radius 1 is 1.03 bits per heavy atom. The molecule has 0 spiro atoms. The van der Waals surface area contributed by atoms with Crippen molar-refractivity contribution in [2.75, 3.05) is 49.8 Å². The molecule has 4 rings (SSSR count). The second kappa shape index (κ2) is 11.4. The first-order chi connectivity index (χ1) is 16.8. The normalized spacial score (nSPS) is 22.7. The lowest BCUT2D eigenvalue weighted by Crippen LogP contribution is -2.45. The zero-order valence-electron chi connectivity index (χ0n) is 21.3. The third-order valence-corrected chi connectivity index (χ3v) is 8.29. The van der Waals surface area contributed by atoms with Gasteiger partial charge >= 0.3 is 0 Å². The molecule has 1 aromatic carbocycles. The molecule has 0 bridgehead atoms. The fourth-order valence-electron chi connectivity index (χ4n) is 5.17. The van der Waals surface area contributed by atoms with Crippen molar-refractivity contribution in [1.29, 1.82) is 0 Å². The lowest BCUT2D eigenvalue weighted by molar-refractivity contribution is -0.114. The molecule has 190 valence electrons. The molecule has 2 aromatic rings. The molecule has 1 aliphatic carbocycles. The van der Waals surface area contributed by atoms with Crippen LogP contribution in [0.1, 0.15) is 55.8 Å². The molecule has 2 N–H and O–H groups in total. The van der Waals surface area contributed by atoms with E-state index in [9.17, 15) is 9.59 Å². The average molecular weight is 499 g/mol. The molecule has 8 nitrogen and oxygen atoms in total. The van der Waals surface area contributed by atoms with E-state index in [2.05, 4.69) is 46.6 Å². The van der Waals surface area contributed by atoms with Crippen LogP contribution in [0, 0.1) is 0 Å². The second-order valence-electron chi connectivity index (χ2n) is 10.0. The van der Waals surface area contributed by atoms with Crippen LogP contribution in [0.4, 0.5) is 15.8 Å². The number of thiazole rings is 1. The Morgan fingerprint density at radius 3 is 2.37 bits per heavy atom. The van der Waals surface area contributed by atoms with Crippen molar-refractivity contribution in [3.63, 3.8) is 0 Å². The zero-order valence-corrected chi connectivity index (χ0v) is 22.1. The molecule has 2 aliphatic rings. The van der Waals surface area contributed by atoms with E-state index in [1.165, 1.54) is 37.6 Å². The first kappa shape index (κ1) is 25.4. The fraction of sp³-hybridized carbons (Fsp3) is 0.577. The summed E-state index contributed by atoms with van der Waals surface area (Å²) < 4.78 is 0. The number of piperidine rings is 1. The van der Waals surface area contributed by atoms with E-state index < -0.39 is 0 Å². The average Bonchev–Trinajstić information content (AvgIpc) is 3.32. The Morgan fingerprint density at radius 2 is 1.71 bits per heavy atom. The van der Waals surface area contributed by atoms with Crippen molar-refractivity contribution in [3.05, 3.63) is 36.0 Å². The van der Waals surface area contributed by atoms with Gasteiger partial charge in [-0.1, -0.05) is 11.3 Å². The molecule has 1 aliphatic heterocycles. The van der Waals surface area contributed by atoms with Crippen LogP contribution < -0.4 is 15.5 Å². The minimum Gasteiger partial charge on any atom is -0.362 e. The number of rotatable bonds is 7. The maximum Gasteiger partial charge on any atom is 0.253 e. The number of nitrogens with zero attached hydrogens (tertiary/aromatic N) is 4. The lowest BCUT2D eigenvalue weighted by Gasteiger charge is -2.37. The number of amides is 2. The zero-order chi connectivity index (χ0) is 24.9. The van der Waals surface area contributed by atoms with Crippen LogP contribution in [-0.4, -0.2) is 79.0 Å². The predicted octanol–water partition coefficient (Wildman–Crippen LogP) is 4.13. The molecule has 0 unspecified atom stereocenters. The van der Waals surface area contributed by atoms with Crippen molar-refractivity contribution in [1.82, 2.24) is 14.8 Å². The molecule has 1 aromatic heterocycles. The standard InChI is InChI=1S/C26H38N6O2S/c1-18(33)28-20-9-7-19(8-10-20)25(34)32-15-5-6-21(17-32)29-26-27-16-24(35-26)31(4)23-13-11-22(12-14-23)30(2)3/h7-10,16,21-23H,5-6,11-15,17H2,1-4H3,(H,27,29)(H,28,33)/t21-,22?,23?/m1/s1. The third-order valence-electron chi connectivity index (χ3n) is 7.27. The summed E-state index contributed by atoms with van der Waals surface area (Å²) in [7, 11) is 6.55. The van der Waals surface area contributed by atoms with Crippen molar-refractivity contribution in [2.45, 2.75) is 63.6 Å². The number of likely N-dealkylation sites (tertiary alicyclic amines) is 1. The van der Waals surface area contributed by atoms with Gasteiger partial charge in [-0.15, -0.1) is 0 Å². The Balaban J connectivity index is 1.31. The molecule has 0 radical (unpaired) electrons. The first-order valence-corrected chi connectivity index (χ1v) is 13.4. The van der Waals surface area contributed by atoms with Crippen LogP contribution >= 0.6 is 11.3 Å². The highest BCUT2D eigenvalue weighted by Gasteiger charge is 2.27. The van der Waals surface area contributed by atoms with E-state index in [0.717, 1.165) is 24.5 Å². The van der Waals surface area contributed by atoms with Crippen LogP contribution in [0.2, 0.25) is 0 Å². The van der Waals surface area contributed by atoms with Gasteiger partial charge in [-0.05, 0) is 76.9 Å². The van der Waals surface area contributed by atoms with E-state index in [1.807, 2.05) is 11.1 Å². The van der Waals surface area contributed by atoms with E-state index in [4.69, 9.17) is 0 Å². The summed E-state index contributed by atoms with van der Waals surface area (Å²) in [6, 6.07) is 8.55. The van der Waals surface area contributed by atoms with Gasteiger partial charge in [0.05, 0.1) is 6.20 Å². The maximum absolute atomic E-state index is 13.1. The van der Waals surface area contributed by atoms with E-state index in [1.54, 1.807) is 35.6 Å². The largest absolute Gasteiger partial charge is 0.362 e. The quantitative estimate of drug-likeness (QED) is 0.598. The summed E-state index contributed by atoms with van der Waals surface area (Å²) in [4.78, 5) is 35.6. The topological polar surface area (TPSA) is 80.8 Å². The van der Waals surface area contributed by atoms with Crippen LogP contribution in [-0.2, 0) is 4.79 Å². The summed E-state index contributed by atoms with van der Waals surface area (Å²) in [6.45, 7) is 2.89. The van der Waals surface area contributed by atoms with Crippen molar-refractivity contribution < 1.29 is 9.59 Å². The number of anilines is 3. The SMILES string of the molecule is CC(=O)Nc1ccc(C(=O)N2CCC[C@@H](Nc3ncc(N(C)C4CCC(N(C)C)CC4)s3)C2)cc1. The molecule has 1 saturated heterocycles. The van der Waals surface area contributed by atoms with Crippen LogP contribution in [0.15, 0.2) is 30.5 Å². The van der Waals surface area contributed by atoms with Gasteiger partial charge in [0.15, 0.2) is 5.13 Å².